The Morgan fingerprint density at radius 1 is 1.38 bits per heavy atom. The summed E-state index contributed by atoms with van der Waals surface area (Å²) >= 11 is 1.50. The van der Waals surface area contributed by atoms with Gasteiger partial charge in [-0.25, -0.2) is 0 Å². The summed E-state index contributed by atoms with van der Waals surface area (Å²) in [6, 6.07) is 5.41. The first-order valence-corrected chi connectivity index (χ1v) is 8.93. The largest absolute Gasteiger partial charge is 0.467 e. The molecule has 4 rings (SSSR count). The third kappa shape index (κ3) is 2.74. The first kappa shape index (κ1) is 15.4. The van der Waals surface area contributed by atoms with E-state index >= 15 is 0 Å². The maximum absolute atomic E-state index is 12.7. The van der Waals surface area contributed by atoms with Crippen LogP contribution in [0.4, 0.5) is 0 Å². The fourth-order valence-corrected chi connectivity index (χ4v) is 4.13. The Kier molecular flexibility index (Phi) is 4.12. The van der Waals surface area contributed by atoms with Crippen molar-refractivity contribution in [2.75, 3.05) is 13.2 Å². The fourth-order valence-electron chi connectivity index (χ4n) is 3.51. The molecule has 2 aromatic heterocycles. The Hall–Kier alpha value is -2.12. The van der Waals surface area contributed by atoms with Crippen LogP contribution in [0.25, 0.3) is 0 Å². The molecule has 2 amide bonds. The van der Waals surface area contributed by atoms with Gasteiger partial charge in [-0.2, -0.15) is 11.3 Å². The van der Waals surface area contributed by atoms with Gasteiger partial charge in [0.25, 0.3) is 5.91 Å². The highest BCUT2D eigenvalue weighted by molar-refractivity contribution is 7.08. The van der Waals surface area contributed by atoms with E-state index < -0.39 is 0 Å². The standard InChI is InChI=1S/C17H18N2O4S/c20-16(18-8-12-2-1-5-22-12)13-9-19(14-3-6-23-15(13)14)17(21)11-4-7-24-10-11/h1-2,4-5,7,10,13-15H,3,6,8-9H2,(H,18,20)/t13-,14+,15-/m1/s1. The Labute approximate surface area is 143 Å². The van der Waals surface area contributed by atoms with Crippen molar-refractivity contribution in [3.63, 3.8) is 0 Å². The molecule has 0 bridgehead atoms. The van der Waals surface area contributed by atoms with Crippen molar-refractivity contribution in [1.29, 1.82) is 0 Å². The van der Waals surface area contributed by atoms with Gasteiger partial charge in [0.15, 0.2) is 0 Å². The summed E-state index contributed by atoms with van der Waals surface area (Å²) in [6.45, 7) is 1.33. The zero-order valence-corrected chi connectivity index (χ0v) is 13.8. The monoisotopic (exact) mass is 346 g/mol. The van der Waals surface area contributed by atoms with Gasteiger partial charge in [-0.05, 0) is 30.0 Å². The van der Waals surface area contributed by atoms with Crippen molar-refractivity contribution >= 4 is 23.2 Å². The molecule has 0 aliphatic carbocycles. The Morgan fingerprint density at radius 3 is 3.04 bits per heavy atom. The molecular formula is C17H18N2O4S. The summed E-state index contributed by atoms with van der Waals surface area (Å²) in [7, 11) is 0. The molecule has 2 fully saturated rings. The van der Waals surface area contributed by atoms with Crippen LogP contribution in [0.3, 0.4) is 0 Å². The number of nitrogens with one attached hydrogen (secondary N) is 1. The first-order valence-electron chi connectivity index (χ1n) is 7.99. The van der Waals surface area contributed by atoms with Gasteiger partial charge in [0, 0.05) is 18.5 Å². The second kappa shape index (κ2) is 6.41. The summed E-state index contributed by atoms with van der Waals surface area (Å²) in [4.78, 5) is 27.1. The predicted molar refractivity (Wildman–Crippen MR) is 87.5 cm³/mol. The maximum Gasteiger partial charge on any atom is 0.255 e. The van der Waals surface area contributed by atoms with E-state index in [4.69, 9.17) is 9.15 Å². The average Bonchev–Trinajstić information content (AvgIpc) is 3.37. The number of fused-ring (bicyclic) bond motifs is 1. The highest BCUT2D eigenvalue weighted by Crippen LogP contribution is 2.34. The minimum absolute atomic E-state index is 0.0157. The molecule has 0 aromatic carbocycles. The normalized spacial score (nSPS) is 25.7. The molecule has 6 nitrogen and oxygen atoms in total. The lowest BCUT2D eigenvalue weighted by Crippen LogP contribution is -2.37. The molecule has 126 valence electrons. The van der Waals surface area contributed by atoms with Crippen molar-refractivity contribution in [1.82, 2.24) is 10.2 Å². The summed E-state index contributed by atoms with van der Waals surface area (Å²) < 4.78 is 11.0. The van der Waals surface area contributed by atoms with Crippen molar-refractivity contribution in [2.45, 2.75) is 25.1 Å². The van der Waals surface area contributed by atoms with E-state index in [0.29, 0.717) is 31.0 Å². The van der Waals surface area contributed by atoms with E-state index in [0.717, 1.165) is 6.42 Å². The van der Waals surface area contributed by atoms with E-state index in [1.54, 1.807) is 17.2 Å². The summed E-state index contributed by atoms with van der Waals surface area (Å²) in [6.07, 6.45) is 2.14. The van der Waals surface area contributed by atoms with Crippen LogP contribution in [0.2, 0.25) is 0 Å². The third-order valence-electron chi connectivity index (χ3n) is 4.68. The highest BCUT2D eigenvalue weighted by Gasteiger charge is 2.50. The number of likely N-dealkylation sites (tertiary alicyclic amines) is 1. The number of carbonyl (C=O) groups is 2. The van der Waals surface area contributed by atoms with Gasteiger partial charge >= 0.3 is 0 Å². The van der Waals surface area contributed by atoms with Gasteiger partial charge < -0.3 is 19.4 Å². The second-order valence-electron chi connectivity index (χ2n) is 6.06. The number of furan rings is 1. The Bertz CT molecular complexity index is 713. The molecular weight excluding hydrogens is 328 g/mol. The quantitative estimate of drug-likeness (QED) is 0.918. The molecule has 24 heavy (non-hydrogen) atoms. The van der Waals surface area contributed by atoms with Crippen molar-refractivity contribution in [3.8, 4) is 0 Å². The summed E-state index contributed by atoms with van der Waals surface area (Å²) in [5, 5.41) is 6.62. The minimum atomic E-state index is -0.338. The number of carbonyl (C=O) groups excluding carboxylic acids is 2. The molecule has 7 heteroatoms. The van der Waals surface area contributed by atoms with Crippen LogP contribution in [0.1, 0.15) is 22.5 Å². The number of amides is 2. The Morgan fingerprint density at radius 2 is 2.29 bits per heavy atom. The first-order chi connectivity index (χ1) is 11.7. The predicted octanol–water partition coefficient (Wildman–Crippen LogP) is 1.89. The number of ether oxygens (including phenoxy) is 1. The van der Waals surface area contributed by atoms with E-state index in [2.05, 4.69) is 5.32 Å². The number of nitrogens with zero attached hydrogens (tertiary/aromatic N) is 1. The lowest BCUT2D eigenvalue weighted by molar-refractivity contribution is -0.127. The van der Waals surface area contributed by atoms with E-state index in [1.807, 2.05) is 22.9 Å². The molecule has 2 saturated heterocycles. The van der Waals surface area contributed by atoms with Crippen LogP contribution < -0.4 is 5.32 Å². The average molecular weight is 346 g/mol. The molecule has 3 atom stereocenters. The van der Waals surface area contributed by atoms with Crippen LogP contribution in [0, 0.1) is 5.92 Å². The van der Waals surface area contributed by atoms with Gasteiger partial charge in [-0.3, -0.25) is 9.59 Å². The zero-order chi connectivity index (χ0) is 16.5. The van der Waals surface area contributed by atoms with Gasteiger partial charge in [-0.15, -0.1) is 0 Å². The van der Waals surface area contributed by atoms with Gasteiger partial charge in [0.1, 0.15) is 5.76 Å². The van der Waals surface area contributed by atoms with Crippen LogP contribution in [-0.2, 0) is 16.1 Å². The summed E-state index contributed by atoms with van der Waals surface area (Å²) in [5.74, 6) is 0.258. The van der Waals surface area contributed by atoms with E-state index in [-0.39, 0.29) is 29.9 Å². The summed E-state index contributed by atoms with van der Waals surface area (Å²) in [5.41, 5.74) is 0.683. The smallest absolute Gasteiger partial charge is 0.255 e. The molecule has 2 aliphatic heterocycles. The third-order valence-corrected chi connectivity index (χ3v) is 5.36. The molecule has 0 saturated carbocycles. The SMILES string of the molecule is O=C(NCc1ccco1)[C@@H]1CN(C(=O)c2ccsc2)[C@H]2CCO[C@H]12. The number of hydrogen-bond donors (Lipinski definition) is 1. The van der Waals surface area contributed by atoms with E-state index in [1.165, 1.54) is 11.3 Å². The fraction of sp³-hybridized carbons (Fsp3) is 0.412. The van der Waals surface area contributed by atoms with Gasteiger partial charge in [0.2, 0.25) is 5.91 Å². The van der Waals surface area contributed by atoms with Crippen molar-refractivity contribution < 1.29 is 18.7 Å². The number of rotatable bonds is 4. The van der Waals surface area contributed by atoms with Crippen molar-refractivity contribution in [3.05, 3.63) is 46.5 Å². The maximum atomic E-state index is 12.7. The number of hydrogen-bond acceptors (Lipinski definition) is 5. The van der Waals surface area contributed by atoms with Crippen LogP contribution in [0.5, 0.6) is 0 Å². The molecule has 0 spiro atoms. The second-order valence-corrected chi connectivity index (χ2v) is 6.84. The molecule has 2 aliphatic rings. The molecule has 2 aromatic rings. The van der Waals surface area contributed by atoms with Gasteiger partial charge in [-0.1, -0.05) is 0 Å². The lowest BCUT2D eigenvalue weighted by Gasteiger charge is -2.21. The van der Waals surface area contributed by atoms with Crippen LogP contribution in [-0.4, -0.2) is 42.0 Å². The van der Waals surface area contributed by atoms with Crippen molar-refractivity contribution in [2.24, 2.45) is 5.92 Å². The van der Waals surface area contributed by atoms with Gasteiger partial charge in [0.05, 0.1) is 36.4 Å². The highest BCUT2D eigenvalue weighted by atomic mass is 32.1. The Balaban J connectivity index is 1.46. The molecule has 0 radical (unpaired) electrons. The van der Waals surface area contributed by atoms with Crippen LogP contribution >= 0.6 is 11.3 Å². The van der Waals surface area contributed by atoms with Crippen LogP contribution in [0.15, 0.2) is 39.6 Å². The topological polar surface area (TPSA) is 71.8 Å². The number of thiophene rings is 1. The molecule has 0 unspecified atom stereocenters. The molecule has 1 N–H and O–H groups in total. The minimum Gasteiger partial charge on any atom is -0.467 e. The lowest BCUT2D eigenvalue weighted by atomic mass is 10.0. The van der Waals surface area contributed by atoms with E-state index in [9.17, 15) is 9.59 Å². The molecule has 4 heterocycles. The zero-order valence-electron chi connectivity index (χ0n) is 13.0.